The lowest BCUT2D eigenvalue weighted by Crippen LogP contribution is -2.45. The maximum Gasteiger partial charge on any atom is 0.225 e. The second-order valence-electron chi connectivity index (χ2n) is 8.14. The van der Waals surface area contributed by atoms with Crippen LogP contribution in [-0.4, -0.2) is 60.7 Å². The number of rotatable bonds is 9. The molecule has 1 saturated heterocycles. The molecule has 0 bridgehead atoms. The molecule has 2 aliphatic rings. The van der Waals surface area contributed by atoms with Crippen LogP contribution in [0, 0.1) is 11.8 Å². The number of halogens is 1. The van der Waals surface area contributed by atoms with E-state index < -0.39 is 0 Å². The average molecular weight is 508 g/mol. The van der Waals surface area contributed by atoms with Crippen LogP contribution in [-0.2, 0) is 4.79 Å². The summed E-state index contributed by atoms with van der Waals surface area (Å²) in [4.78, 5) is 19.6. The van der Waals surface area contributed by atoms with E-state index >= 15 is 0 Å². The van der Waals surface area contributed by atoms with Gasteiger partial charge in [0.25, 0.3) is 0 Å². The summed E-state index contributed by atoms with van der Waals surface area (Å²) in [5, 5.41) is 16.1. The Morgan fingerprint density at radius 3 is 2.57 bits per heavy atom. The number of likely N-dealkylation sites (tertiary alicyclic amines) is 1. The first-order valence-electron chi connectivity index (χ1n) is 11.1. The number of hydrogen-bond donors (Lipinski definition) is 3. The molecule has 2 fully saturated rings. The maximum atomic E-state index is 12.7. The minimum absolute atomic E-state index is 0. The third-order valence-corrected chi connectivity index (χ3v) is 5.88. The Balaban J connectivity index is 0.00000392. The monoisotopic (exact) mass is 508 g/mol. The summed E-state index contributed by atoms with van der Waals surface area (Å²) >= 11 is 0. The number of hydrogen-bond acceptors (Lipinski definition) is 3. The molecule has 0 aromatic rings. The fourth-order valence-corrected chi connectivity index (χ4v) is 4.34. The lowest BCUT2D eigenvalue weighted by atomic mass is 9.88. The molecule has 1 aliphatic heterocycles. The molecule has 28 heavy (non-hydrogen) atoms. The normalized spacial score (nSPS) is 21.9. The van der Waals surface area contributed by atoms with Crippen LogP contribution in [0.4, 0.5) is 0 Å². The van der Waals surface area contributed by atoms with Crippen molar-refractivity contribution in [2.24, 2.45) is 16.8 Å². The highest BCUT2D eigenvalue weighted by Gasteiger charge is 2.31. The van der Waals surface area contributed by atoms with Gasteiger partial charge in [0.2, 0.25) is 5.91 Å². The number of aliphatic hydroxyl groups excluding tert-OH is 1. The van der Waals surface area contributed by atoms with Crippen molar-refractivity contribution >= 4 is 35.8 Å². The van der Waals surface area contributed by atoms with Crippen molar-refractivity contribution in [3.8, 4) is 0 Å². The van der Waals surface area contributed by atoms with Crippen LogP contribution in [0.5, 0.6) is 0 Å². The van der Waals surface area contributed by atoms with E-state index in [9.17, 15) is 9.90 Å². The van der Waals surface area contributed by atoms with Crippen LogP contribution in [0.1, 0.15) is 71.6 Å². The van der Waals surface area contributed by atoms with Crippen LogP contribution in [0.3, 0.4) is 0 Å². The van der Waals surface area contributed by atoms with Gasteiger partial charge < -0.3 is 20.6 Å². The van der Waals surface area contributed by atoms with Gasteiger partial charge in [0, 0.05) is 44.7 Å². The van der Waals surface area contributed by atoms with E-state index in [1.54, 1.807) is 0 Å². The second kappa shape index (κ2) is 14.4. The Bertz CT molecular complexity index is 463. The number of nitrogens with zero attached hydrogens (tertiary/aromatic N) is 2. The zero-order chi connectivity index (χ0) is 19.5. The first kappa shape index (κ1) is 25.5. The van der Waals surface area contributed by atoms with Crippen molar-refractivity contribution in [2.45, 2.75) is 77.7 Å². The molecule has 2 unspecified atom stereocenters. The van der Waals surface area contributed by atoms with Gasteiger partial charge >= 0.3 is 0 Å². The number of amides is 1. The standard InChI is InChI=1S/C21H40N4O2.HI/c1-3-8-17(12-14-26)15-23-21(22-4-2)24-19-11-13-25(16-19)20(27)18-9-6-5-7-10-18;/h17-19,26H,3-16H2,1-2H3,(H2,22,23,24);1H. The van der Waals surface area contributed by atoms with Gasteiger partial charge in [-0.3, -0.25) is 9.79 Å². The van der Waals surface area contributed by atoms with Gasteiger partial charge in [-0.15, -0.1) is 24.0 Å². The van der Waals surface area contributed by atoms with E-state index in [0.29, 0.717) is 11.8 Å². The van der Waals surface area contributed by atoms with Crippen LogP contribution < -0.4 is 10.6 Å². The van der Waals surface area contributed by atoms with Gasteiger partial charge in [0.15, 0.2) is 5.96 Å². The zero-order valence-electron chi connectivity index (χ0n) is 17.8. The molecule has 7 heteroatoms. The molecule has 6 nitrogen and oxygen atoms in total. The van der Waals surface area contributed by atoms with Crippen LogP contribution in [0.25, 0.3) is 0 Å². The van der Waals surface area contributed by atoms with E-state index in [-0.39, 0.29) is 42.5 Å². The topological polar surface area (TPSA) is 77.0 Å². The van der Waals surface area contributed by atoms with Crippen molar-refractivity contribution in [3.05, 3.63) is 0 Å². The predicted octanol–water partition coefficient (Wildman–Crippen LogP) is 3.14. The third-order valence-electron chi connectivity index (χ3n) is 5.88. The number of guanidine groups is 1. The highest BCUT2D eigenvalue weighted by molar-refractivity contribution is 14.0. The van der Waals surface area contributed by atoms with Crippen LogP contribution in [0.2, 0.25) is 0 Å². The summed E-state index contributed by atoms with van der Waals surface area (Å²) in [5.74, 6) is 1.90. The molecule has 1 amide bonds. The molecule has 1 aliphatic carbocycles. The summed E-state index contributed by atoms with van der Waals surface area (Å²) in [6.07, 6.45) is 9.84. The van der Waals surface area contributed by atoms with Gasteiger partial charge in [-0.05, 0) is 44.9 Å². The Labute approximate surface area is 188 Å². The van der Waals surface area contributed by atoms with Crippen LogP contribution >= 0.6 is 24.0 Å². The van der Waals surface area contributed by atoms with E-state index in [1.165, 1.54) is 19.3 Å². The fraction of sp³-hybridized carbons (Fsp3) is 0.905. The van der Waals surface area contributed by atoms with Gasteiger partial charge in [0.1, 0.15) is 0 Å². The van der Waals surface area contributed by atoms with Crippen molar-refractivity contribution < 1.29 is 9.90 Å². The van der Waals surface area contributed by atoms with E-state index in [2.05, 4.69) is 29.4 Å². The Morgan fingerprint density at radius 2 is 1.93 bits per heavy atom. The molecule has 0 radical (unpaired) electrons. The van der Waals surface area contributed by atoms with Gasteiger partial charge in [-0.25, -0.2) is 0 Å². The predicted molar refractivity (Wildman–Crippen MR) is 126 cm³/mol. The summed E-state index contributed by atoms with van der Waals surface area (Å²) in [6, 6.07) is 0.276. The van der Waals surface area contributed by atoms with Gasteiger partial charge in [-0.1, -0.05) is 32.6 Å². The molecule has 2 rings (SSSR count). The summed E-state index contributed by atoms with van der Waals surface area (Å²) in [7, 11) is 0. The number of carbonyl (C=O) groups is 1. The summed E-state index contributed by atoms with van der Waals surface area (Å²) in [6.45, 7) is 7.67. The second-order valence-corrected chi connectivity index (χ2v) is 8.14. The largest absolute Gasteiger partial charge is 0.396 e. The highest BCUT2D eigenvalue weighted by Crippen LogP contribution is 2.26. The fourth-order valence-electron chi connectivity index (χ4n) is 4.34. The Morgan fingerprint density at radius 1 is 1.18 bits per heavy atom. The van der Waals surface area contributed by atoms with Crippen molar-refractivity contribution in [2.75, 3.05) is 32.8 Å². The number of carbonyl (C=O) groups excluding carboxylic acids is 1. The van der Waals surface area contributed by atoms with Gasteiger partial charge in [-0.2, -0.15) is 0 Å². The smallest absolute Gasteiger partial charge is 0.225 e. The molecule has 1 heterocycles. The minimum atomic E-state index is 0. The van der Waals surface area contributed by atoms with Crippen molar-refractivity contribution in [1.29, 1.82) is 0 Å². The van der Waals surface area contributed by atoms with E-state index in [0.717, 1.165) is 70.7 Å². The van der Waals surface area contributed by atoms with Crippen molar-refractivity contribution in [1.82, 2.24) is 15.5 Å². The van der Waals surface area contributed by atoms with E-state index in [1.807, 2.05) is 0 Å². The molecule has 2 atom stereocenters. The first-order chi connectivity index (χ1) is 13.2. The lowest BCUT2D eigenvalue weighted by Gasteiger charge is -2.26. The maximum absolute atomic E-state index is 12.7. The van der Waals surface area contributed by atoms with Crippen molar-refractivity contribution in [3.63, 3.8) is 0 Å². The quantitative estimate of drug-likeness (QED) is 0.254. The Kier molecular flexibility index (Phi) is 13.1. The average Bonchev–Trinajstić information content (AvgIpc) is 3.15. The summed E-state index contributed by atoms with van der Waals surface area (Å²) in [5.41, 5.74) is 0. The molecular weight excluding hydrogens is 467 g/mol. The molecular formula is C21H41IN4O2. The molecule has 0 aromatic heterocycles. The number of aliphatic imine (C=N–C) groups is 1. The number of nitrogens with one attached hydrogen (secondary N) is 2. The molecule has 1 saturated carbocycles. The molecule has 164 valence electrons. The Hall–Kier alpha value is -0.570. The highest BCUT2D eigenvalue weighted by atomic mass is 127. The SMILES string of the molecule is CCCC(CCO)CN=C(NCC)NC1CCN(C(=O)C2CCCCC2)C1.I. The summed E-state index contributed by atoms with van der Waals surface area (Å²) < 4.78 is 0. The molecule has 0 aromatic carbocycles. The first-order valence-corrected chi connectivity index (χ1v) is 11.1. The number of aliphatic hydroxyl groups is 1. The molecule has 3 N–H and O–H groups in total. The lowest BCUT2D eigenvalue weighted by molar-refractivity contribution is -0.135. The van der Waals surface area contributed by atoms with Crippen LogP contribution in [0.15, 0.2) is 4.99 Å². The molecule has 0 spiro atoms. The van der Waals surface area contributed by atoms with E-state index in [4.69, 9.17) is 4.99 Å². The van der Waals surface area contributed by atoms with Gasteiger partial charge in [0.05, 0.1) is 0 Å². The zero-order valence-corrected chi connectivity index (χ0v) is 20.1. The third kappa shape index (κ3) is 8.43. The minimum Gasteiger partial charge on any atom is -0.396 e.